The van der Waals surface area contributed by atoms with Crippen LogP contribution >= 0.6 is 23.2 Å². The molecule has 0 N–H and O–H groups in total. The molecule has 0 aliphatic heterocycles. The van der Waals surface area contributed by atoms with E-state index in [1.165, 1.54) is 0 Å². The van der Waals surface area contributed by atoms with E-state index in [4.69, 9.17) is 23.2 Å². The lowest BCUT2D eigenvalue weighted by Crippen LogP contribution is -2.01. The van der Waals surface area contributed by atoms with Crippen LogP contribution in [0.3, 0.4) is 0 Å². The summed E-state index contributed by atoms with van der Waals surface area (Å²) in [6, 6.07) is 14.9. The molecule has 5 heteroatoms. The first kappa shape index (κ1) is 14.8. The molecule has 0 spiro atoms. The second-order valence-corrected chi connectivity index (χ2v) is 5.63. The summed E-state index contributed by atoms with van der Waals surface area (Å²) in [4.78, 5) is 11.3. The van der Waals surface area contributed by atoms with E-state index in [1.807, 2.05) is 30.3 Å². The van der Waals surface area contributed by atoms with Crippen molar-refractivity contribution < 1.29 is 4.79 Å². The summed E-state index contributed by atoms with van der Waals surface area (Å²) in [5, 5.41) is 5.66. The minimum absolute atomic E-state index is 0.409. The van der Waals surface area contributed by atoms with Crippen molar-refractivity contribution in [3.8, 4) is 11.3 Å². The number of halogens is 2. The molecule has 0 fully saturated rings. The van der Waals surface area contributed by atoms with E-state index in [1.54, 1.807) is 29.1 Å². The summed E-state index contributed by atoms with van der Waals surface area (Å²) in [5.41, 5.74) is 2.87. The second-order valence-electron chi connectivity index (χ2n) is 4.81. The lowest BCUT2D eigenvalue weighted by atomic mass is 10.1. The molecule has 110 valence electrons. The van der Waals surface area contributed by atoms with Gasteiger partial charge in [-0.15, -0.1) is 0 Å². The summed E-state index contributed by atoms with van der Waals surface area (Å²) >= 11 is 12.4. The standard InChI is InChI=1S/C17H12Cl2N2O/c18-15-7-4-8-16(19)14(15)10-21-9-13(11-22)17(20-21)12-5-2-1-3-6-12/h1-9,11H,10H2. The van der Waals surface area contributed by atoms with E-state index in [0.717, 1.165) is 17.4 Å². The average molecular weight is 331 g/mol. The zero-order valence-electron chi connectivity index (χ0n) is 11.5. The SMILES string of the molecule is O=Cc1cn(Cc2c(Cl)cccc2Cl)nc1-c1ccccc1. The Hall–Kier alpha value is -2.10. The number of aldehydes is 1. The van der Waals surface area contributed by atoms with Crippen LogP contribution in [0.2, 0.25) is 10.0 Å². The maximum atomic E-state index is 11.3. The fourth-order valence-corrected chi connectivity index (χ4v) is 2.79. The van der Waals surface area contributed by atoms with Gasteiger partial charge < -0.3 is 0 Å². The van der Waals surface area contributed by atoms with Crippen LogP contribution in [0.5, 0.6) is 0 Å². The smallest absolute Gasteiger partial charge is 0.153 e. The van der Waals surface area contributed by atoms with E-state index >= 15 is 0 Å². The van der Waals surface area contributed by atoms with E-state index in [2.05, 4.69) is 5.10 Å². The number of carbonyl (C=O) groups excluding carboxylic acids is 1. The van der Waals surface area contributed by atoms with Gasteiger partial charge in [-0.2, -0.15) is 5.10 Å². The first-order chi connectivity index (χ1) is 10.7. The number of aromatic nitrogens is 2. The van der Waals surface area contributed by atoms with Crippen molar-refractivity contribution >= 4 is 29.5 Å². The van der Waals surface area contributed by atoms with Crippen LogP contribution in [0.25, 0.3) is 11.3 Å². The molecule has 0 aliphatic carbocycles. The Bertz CT molecular complexity index is 793. The molecule has 0 radical (unpaired) electrons. The van der Waals surface area contributed by atoms with Crippen molar-refractivity contribution in [1.82, 2.24) is 9.78 Å². The van der Waals surface area contributed by atoms with Gasteiger partial charge in [-0.05, 0) is 12.1 Å². The summed E-state index contributed by atoms with van der Waals surface area (Å²) in [6.45, 7) is 0.409. The molecule has 0 amide bonds. The van der Waals surface area contributed by atoms with Crippen LogP contribution in [-0.4, -0.2) is 16.1 Å². The minimum atomic E-state index is 0.409. The lowest BCUT2D eigenvalue weighted by Gasteiger charge is -2.06. The summed E-state index contributed by atoms with van der Waals surface area (Å²) in [5.74, 6) is 0. The highest BCUT2D eigenvalue weighted by atomic mass is 35.5. The molecule has 0 atom stereocenters. The number of nitrogens with zero attached hydrogens (tertiary/aromatic N) is 2. The van der Waals surface area contributed by atoms with Crippen molar-refractivity contribution in [1.29, 1.82) is 0 Å². The molecule has 2 aromatic carbocycles. The van der Waals surface area contributed by atoms with Crippen LogP contribution in [0.15, 0.2) is 54.7 Å². The zero-order valence-corrected chi connectivity index (χ0v) is 13.1. The van der Waals surface area contributed by atoms with Gasteiger partial charge in [0, 0.05) is 27.4 Å². The molecule has 1 aromatic heterocycles. The number of hydrogen-bond donors (Lipinski definition) is 0. The zero-order chi connectivity index (χ0) is 15.5. The van der Waals surface area contributed by atoms with Gasteiger partial charge >= 0.3 is 0 Å². The highest BCUT2D eigenvalue weighted by Crippen LogP contribution is 2.26. The van der Waals surface area contributed by atoms with E-state index in [-0.39, 0.29) is 0 Å². The summed E-state index contributed by atoms with van der Waals surface area (Å²) < 4.78 is 1.68. The molecule has 0 saturated carbocycles. The Labute approximate surface area is 138 Å². The van der Waals surface area contributed by atoms with Crippen molar-refractivity contribution in [2.45, 2.75) is 6.54 Å². The van der Waals surface area contributed by atoms with Gasteiger partial charge in [0.1, 0.15) is 5.69 Å². The Morgan fingerprint density at radius 3 is 2.32 bits per heavy atom. The first-order valence-electron chi connectivity index (χ1n) is 6.70. The number of rotatable bonds is 4. The highest BCUT2D eigenvalue weighted by molar-refractivity contribution is 6.35. The molecule has 0 saturated heterocycles. The molecule has 1 heterocycles. The van der Waals surface area contributed by atoms with Crippen LogP contribution in [-0.2, 0) is 6.54 Å². The molecule has 0 aliphatic rings. The molecule has 3 aromatic rings. The third kappa shape index (κ3) is 2.91. The third-order valence-corrected chi connectivity index (χ3v) is 4.05. The third-order valence-electron chi connectivity index (χ3n) is 3.35. The molecular weight excluding hydrogens is 319 g/mol. The van der Waals surface area contributed by atoms with Crippen LogP contribution in [0.1, 0.15) is 15.9 Å². The largest absolute Gasteiger partial charge is 0.298 e. The Kier molecular flexibility index (Phi) is 4.27. The van der Waals surface area contributed by atoms with Crippen molar-refractivity contribution in [2.24, 2.45) is 0 Å². The predicted octanol–water partition coefficient (Wildman–Crippen LogP) is 4.72. The highest BCUT2D eigenvalue weighted by Gasteiger charge is 2.12. The molecule has 0 bridgehead atoms. The summed E-state index contributed by atoms with van der Waals surface area (Å²) in [6.07, 6.45) is 2.51. The van der Waals surface area contributed by atoms with E-state index in [9.17, 15) is 4.79 Å². The molecule has 0 unspecified atom stereocenters. The van der Waals surface area contributed by atoms with Crippen LogP contribution < -0.4 is 0 Å². The number of hydrogen-bond acceptors (Lipinski definition) is 2. The Morgan fingerprint density at radius 2 is 1.68 bits per heavy atom. The van der Waals surface area contributed by atoms with Gasteiger partial charge in [-0.3, -0.25) is 9.48 Å². The van der Waals surface area contributed by atoms with Gasteiger partial charge in [0.15, 0.2) is 6.29 Å². The Morgan fingerprint density at radius 1 is 1.00 bits per heavy atom. The lowest BCUT2D eigenvalue weighted by molar-refractivity contribution is 0.112. The molecule has 3 rings (SSSR count). The van der Waals surface area contributed by atoms with Gasteiger partial charge in [-0.1, -0.05) is 59.6 Å². The fourth-order valence-electron chi connectivity index (χ4n) is 2.27. The van der Waals surface area contributed by atoms with E-state index < -0.39 is 0 Å². The average Bonchev–Trinajstić information content (AvgIpc) is 2.95. The number of benzene rings is 2. The van der Waals surface area contributed by atoms with Gasteiger partial charge in [0.25, 0.3) is 0 Å². The van der Waals surface area contributed by atoms with E-state index in [0.29, 0.717) is 27.8 Å². The molecule has 3 nitrogen and oxygen atoms in total. The Balaban J connectivity index is 2.00. The van der Waals surface area contributed by atoms with Crippen molar-refractivity contribution in [2.75, 3.05) is 0 Å². The topological polar surface area (TPSA) is 34.9 Å². The van der Waals surface area contributed by atoms with Crippen LogP contribution in [0, 0.1) is 0 Å². The molecular formula is C17H12Cl2N2O. The predicted molar refractivity (Wildman–Crippen MR) is 88.6 cm³/mol. The minimum Gasteiger partial charge on any atom is -0.298 e. The van der Waals surface area contributed by atoms with Crippen molar-refractivity contribution in [3.63, 3.8) is 0 Å². The van der Waals surface area contributed by atoms with Gasteiger partial charge in [-0.25, -0.2) is 0 Å². The van der Waals surface area contributed by atoms with Gasteiger partial charge in [0.05, 0.1) is 12.1 Å². The van der Waals surface area contributed by atoms with Crippen molar-refractivity contribution in [3.05, 3.63) is 75.9 Å². The van der Waals surface area contributed by atoms with Crippen LogP contribution in [0.4, 0.5) is 0 Å². The monoisotopic (exact) mass is 330 g/mol. The quantitative estimate of drug-likeness (QED) is 0.649. The first-order valence-corrected chi connectivity index (χ1v) is 7.45. The maximum absolute atomic E-state index is 11.3. The fraction of sp³-hybridized carbons (Fsp3) is 0.0588. The maximum Gasteiger partial charge on any atom is 0.153 e. The summed E-state index contributed by atoms with van der Waals surface area (Å²) in [7, 11) is 0. The molecule has 22 heavy (non-hydrogen) atoms. The number of carbonyl (C=O) groups is 1. The second kappa shape index (κ2) is 6.34. The normalized spacial score (nSPS) is 10.6. The van der Waals surface area contributed by atoms with Gasteiger partial charge in [0.2, 0.25) is 0 Å².